The van der Waals surface area contributed by atoms with E-state index in [1.54, 1.807) is 12.1 Å². The number of hydrogen-bond acceptors (Lipinski definition) is 3. The highest BCUT2D eigenvalue weighted by Gasteiger charge is 2.13. The Hall–Kier alpha value is -1.34. The molecule has 0 saturated heterocycles. The number of phenols is 1. The van der Waals surface area contributed by atoms with Crippen LogP contribution in [0.4, 0.5) is 0 Å². The second-order valence-corrected chi connectivity index (χ2v) is 6.87. The van der Waals surface area contributed by atoms with Gasteiger partial charge in [-0.15, -0.1) is 0 Å². The molecule has 0 fully saturated rings. The van der Waals surface area contributed by atoms with Crippen LogP contribution in [0.3, 0.4) is 0 Å². The van der Waals surface area contributed by atoms with Gasteiger partial charge in [0.05, 0.1) is 9.13 Å². The van der Waals surface area contributed by atoms with E-state index in [9.17, 15) is 9.90 Å². The van der Waals surface area contributed by atoms with Crippen LogP contribution in [0.25, 0.3) is 6.08 Å². The molecule has 0 aliphatic heterocycles. The molecule has 0 aliphatic rings. The van der Waals surface area contributed by atoms with Crippen molar-refractivity contribution in [3.8, 4) is 5.75 Å². The zero-order chi connectivity index (χ0) is 17.0. The van der Waals surface area contributed by atoms with Crippen molar-refractivity contribution in [3.63, 3.8) is 0 Å². The molecule has 1 aromatic carbocycles. The van der Waals surface area contributed by atoms with Crippen LogP contribution in [0.5, 0.6) is 5.75 Å². The molecule has 0 radical (unpaired) electrons. The summed E-state index contributed by atoms with van der Waals surface area (Å²) in [5, 5.41) is 10.5. The third-order valence-electron chi connectivity index (χ3n) is 3.37. The molecule has 1 aromatic heterocycles. The van der Waals surface area contributed by atoms with Gasteiger partial charge in [-0.05, 0) is 65.8 Å². The van der Waals surface area contributed by atoms with Gasteiger partial charge < -0.3 is 10.1 Å². The highest BCUT2D eigenvalue weighted by atomic mass is 127. The Morgan fingerprint density at radius 1 is 1.48 bits per heavy atom. The van der Waals surface area contributed by atoms with Crippen molar-refractivity contribution in [1.82, 2.24) is 9.97 Å². The second kappa shape index (κ2) is 7.97. The lowest BCUT2D eigenvalue weighted by atomic mass is 10.1. The van der Waals surface area contributed by atoms with Crippen LogP contribution in [-0.2, 0) is 6.42 Å². The number of carbonyl (C=O) groups is 1. The van der Waals surface area contributed by atoms with Gasteiger partial charge >= 0.3 is 0 Å². The van der Waals surface area contributed by atoms with Crippen LogP contribution in [-0.4, -0.2) is 20.9 Å². The second-order valence-electron chi connectivity index (χ2n) is 5.33. The largest absolute Gasteiger partial charge is 0.506 e. The van der Waals surface area contributed by atoms with Crippen molar-refractivity contribution in [2.45, 2.75) is 33.1 Å². The minimum absolute atomic E-state index is 0.00242. The Kier molecular flexibility index (Phi) is 6.24. The fourth-order valence-electron chi connectivity index (χ4n) is 2.15. The third-order valence-corrected chi connectivity index (χ3v) is 4.48. The molecule has 1 heterocycles. The molecular formula is C17H18ClIN2O2. The molecule has 6 heteroatoms. The molecule has 0 atom stereocenters. The fourth-order valence-corrected chi connectivity index (χ4v) is 3.15. The number of nitrogens with one attached hydrogen (secondary N) is 1. The minimum atomic E-state index is -0.279. The summed E-state index contributed by atoms with van der Waals surface area (Å²) in [5.41, 5.74) is 1.74. The van der Waals surface area contributed by atoms with E-state index in [-0.39, 0.29) is 17.1 Å². The number of benzene rings is 1. The lowest BCUT2D eigenvalue weighted by Gasteiger charge is -2.04. The summed E-state index contributed by atoms with van der Waals surface area (Å²) in [7, 11) is 0. The number of allylic oxidation sites excluding steroid dienone is 1. The monoisotopic (exact) mass is 444 g/mol. The number of imidazole rings is 1. The molecule has 2 N–H and O–H groups in total. The standard InChI is InChI=1S/C17H18ClIN2O2/c1-3-4-5-15-20-13(17(18)21-15)6-7-14(22)11-8-10(2)9-12(19)16(11)23/h6-9,23H,3-5H2,1-2H3,(H,20,21)/b7-6+. The number of aromatic nitrogens is 2. The van der Waals surface area contributed by atoms with Crippen molar-refractivity contribution in [3.05, 3.63) is 49.6 Å². The van der Waals surface area contributed by atoms with Gasteiger partial charge in [-0.3, -0.25) is 4.79 Å². The molecule has 0 bridgehead atoms. The molecular weight excluding hydrogens is 427 g/mol. The van der Waals surface area contributed by atoms with E-state index in [4.69, 9.17) is 11.6 Å². The Morgan fingerprint density at radius 2 is 2.22 bits per heavy atom. The number of aromatic amines is 1. The van der Waals surface area contributed by atoms with Crippen LogP contribution < -0.4 is 0 Å². The van der Waals surface area contributed by atoms with Gasteiger partial charge in [0.15, 0.2) is 5.78 Å². The quantitative estimate of drug-likeness (QED) is 0.377. The first-order valence-corrected chi connectivity index (χ1v) is 8.84. The molecule has 0 unspecified atom stereocenters. The molecule has 0 saturated carbocycles. The van der Waals surface area contributed by atoms with Gasteiger partial charge in [0, 0.05) is 6.42 Å². The number of rotatable bonds is 6. The summed E-state index contributed by atoms with van der Waals surface area (Å²) < 4.78 is 0.652. The van der Waals surface area contributed by atoms with E-state index in [1.807, 2.05) is 35.6 Å². The SMILES string of the molecule is CCCCc1nc(/C=C/C(=O)c2cc(C)cc(I)c2O)c(Cl)[nH]1. The van der Waals surface area contributed by atoms with Gasteiger partial charge in [-0.1, -0.05) is 24.9 Å². The number of hydrogen-bond donors (Lipinski definition) is 2. The number of unbranched alkanes of at least 4 members (excludes halogenated alkanes) is 1. The number of ketones is 1. The topological polar surface area (TPSA) is 66.0 Å². The van der Waals surface area contributed by atoms with Crippen molar-refractivity contribution >= 4 is 46.1 Å². The molecule has 0 amide bonds. The first-order valence-electron chi connectivity index (χ1n) is 7.38. The summed E-state index contributed by atoms with van der Waals surface area (Å²) in [6.07, 6.45) is 5.89. The summed E-state index contributed by atoms with van der Waals surface area (Å²) in [5.74, 6) is 0.540. The van der Waals surface area contributed by atoms with Crippen LogP contribution in [0.15, 0.2) is 18.2 Å². The Balaban J connectivity index is 2.20. The van der Waals surface area contributed by atoms with E-state index < -0.39 is 0 Å². The molecule has 122 valence electrons. The Bertz CT molecular complexity index is 753. The third kappa shape index (κ3) is 4.57. The zero-order valence-corrected chi connectivity index (χ0v) is 15.9. The predicted octanol–water partition coefficient (Wildman–Crippen LogP) is 4.92. The van der Waals surface area contributed by atoms with Gasteiger partial charge in [-0.25, -0.2) is 4.98 Å². The van der Waals surface area contributed by atoms with Crippen molar-refractivity contribution in [1.29, 1.82) is 0 Å². The molecule has 2 rings (SSSR count). The molecule has 2 aromatic rings. The summed E-state index contributed by atoms with van der Waals surface area (Å²) in [4.78, 5) is 19.7. The van der Waals surface area contributed by atoms with Crippen LogP contribution in [0, 0.1) is 10.5 Å². The average Bonchev–Trinajstić information content (AvgIpc) is 2.86. The maximum atomic E-state index is 12.3. The van der Waals surface area contributed by atoms with E-state index in [0.29, 0.717) is 14.4 Å². The first-order chi connectivity index (χ1) is 10.9. The van der Waals surface area contributed by atoms with Crippen molar-refractivity contribution in [2.24, 2.45) is 0 Å². The lowest BCUT2D eigenvalue weighted by Crippen LogP contribution is -1.97. The maximum Gasteiger partial charge on any atom is 0.189 e. The first kappa shape index (κ1) is 18.0. The predicted molar refractivity (Wildman–Crippen MR) is 101 cm³/mol. The fraction of sp³-hybridized carbons (Fsp3) is 0.294. The van der Waals surface area contributed by atoms with Crippen LogP contribution in [0.1, 0.15) is 47.2 Å². The van der Waals surface area contributed by atoms with Crippen molar-refractivity contribution in [2.75, 3.05) is 0 Å². The smallest absolute Gasteiger partial charge is 0.189 e. The number of H-pyrrole nitrogens is 1. The molecule has 0 aliphatic carbocycles. The number of nitrogens with zero attached hydrogens (tertiary/aromatic N) is 1. The number of aromatic hydroxyl groups is 1. The number of carbonyl (C=O) groups excluding carboxylic acids is 1. The Morgan fingerprint density at radius 3 is 2.91 bits per heavy atom. The highest BCUT2D eigenvalue weighted by molar-refractivity contribution is 14.1. The average molecular weight is 445 g/mol. The van der Waals surface area contributed by atoms with Gasteiger partial charge in [0.1, 0.15) is 22.4 Å². The van der Waals surface area contributed by atoms with E-state index in [2.05, 4.69) is 16.9 Å². The Labute approximate surface area is 154 Å². The normalized spacial score (nSPS) is 11.3. The van der Waals surface area contributed by atoms with E-state index in [1.165, 1.54) is 6.08 Å². The summed E-state index contributed by atoms with van der Waals surface area (Å²) in [6.45, 7) is 3.99. The van der Waals surface area contributed by atoms with E-state index in [0.717, 1.165) is 30.7 Å². The summed E-state index contributed by atoms with van der Waals surface area (Å²) in [6, 6.07) is 3.49. The summed E-state index contributed by atoms with van der Waals surface area (Å²) >= 11 is 8.11. The number of phenolic OH excluding ortho intramolecular Hbond substituents is 1. The van der Waals surface area contributed by atoms with Gasteiger partial charge in [0.2, 0.25) is 0 Å². The number of halogens is 2. The van der Waals surface area contributed by atoms with Crippen LogP contribution in [0.2, 0.25) is 5.15 Å². The lowest BCUT2D eigenvalue weighted by molar-refractivity contribution is 0.104. The zero-order valence-electron chi connectivity index (χ0n) is 13.0. The molecule has 4 nitrogen and oxygen atoms in total. The molecule has 23 heavy (non-hydrogen) atoms. The minimum Gasteiger partial charge on any atom is -0.506 e. The van der Waals surface area contributed by atoms with Crippen LogP contribution >= 0.6 is 34.2 Å². The van der Waals surface area contributed by atoms with Gasteiger partial charge in [-0.2, -0.15) is 0 Å². The number of aryl methyl sites for hydroxylation is 2. The maximum absolute atomic E-state index is 12.3. The van der Waals surface area contributed by atoms with E-state index >= 15 is 0 Å². The van der Waals surface area contributed by atoms with Gasteiger partial charge in [0.25, 0.3) is 0 Å². The highest BCUT2D eigenvalue weighted by Crippen LogP contribution is 2.27. The molecule has 0 spiro atoms. The van der Waals surface area contributed by atoms with Crippen molar-refractivity contribution < 1.29 is 9.90 Å².